The summed E-state index contributed by atoms with van der Waals surface area (Å²) in [5, 5.41) is 3.18. The normalized spacial score (nSPS) is 23.0. The van der Waals surface area contributed by atoms with Crippen molar-refractivity contribution in [2.45, 2.75) is 27.2 Å². The molecule has 1 heterocycles. The quantitative estimate of drug-likeness (QED) is 0.690. The number of carbonyl (C=O) groups is 1. The highest BCUT2D eigenvalue weighted by Crippen LogP contribution is 2.18. The Hall–Kier alpha value is -0.570. The van der Waals surface area contributed by atoms with E-state index in [4.69, 9.17) is 0 Å². The van der Waals surface area contributed by atoms with Crippen LogP contribution in [0.1, 0.15) is 27.2 Å². The third kappa shape index (κ3) is 2.99. The first-order valence-corrected chi connectivity index (χ1v) is 5.04. The third-order valence-corrected chi connectivity index (χ3v) is 2.34. The largest absolute Gasteiger partial charge is 0.341 e. The van der Waals surface area contributed by atoms with Gasteiger partial charge in [0.2, 0.25) is 5.91 Å². The Labute approximate surface area is 80.5 Å². The maximum atomic E-state index is 11.6. The van der Waals surface area contributed by atoms with Gasteiger partial charge in [0.25, 0.3) is 0 Å². The fraction of sp³-hybridized carbons (Fsp3) is 0.900. The molecule has 1 fully saturated rings. The smallest absolute Gasteiger partial charge is 0.236 e. The molecule has 0 aromatic rings. The first-order chi connectivity index (χ1) is 6.05. The summed E-state index contributed by atoms with van der Waals surface area (Å²) in [6.45, 7) is 9.71. The maximum absolute atomic E-state index is 11.6. The highest BCUT2D eigenvalue weighted by atomic mass is 16.2. The Kier molecular flexibility index (Phi) is 3.31. The van der Waals surface area contributed by atoms with E-state index in [9.17, 15) is 4.79 Å². The molecule has 0 radical (unpaired) electrons. The number of hydrogen-bond donors (Lipinski definition) is 1. The molecule has 1 N–H and O–H groups in total. The SMILES string of the molecule is CCCN1CC(C)(C)CNCC1=O. The molecule has 76 valence electrons. The van der Waals surface area contributed by atoms with E-state index in [1.54, 1.807) is 0 Å². The Balaban J connectivity index is 2.62. The van der Waals surface area contributed by atoms with E-state index in [0.29, 0.717) is 6.54 Å². The summed E-state index contributed by atoms with van der Waals surface area (Å²) in [6.07, 6.45) is 1.04. The number of nitrogens with one attached hydrogen (secondary N) is 1. The predicted molar refractivity (Wildman–Crippen MR) is 53.5 cm³/mol. The zero-order valence-corrected chi connectivity index (χ0v) is 8.89. The van der Waals surface area contributed by atoms with Crippen molar-refractivity contribution in [3.05, 3.63) is 0 Å². The number of nitrogens with zero attached hydrogens (tertiary/aromatic N) is 1. The second-order valence-corrected chi connectivity index (χ2v) is 4.58. The average molecular weight is 184 g/mol. The van der Waals surface area contributed by atoms with Crippen molar-refractivity contribution in [3.63, 3.8) is 0 Å². The molecule has 0 spiro atoms. The maximum Gasteiger partial charge on any atom is 0.236 e. The van der Waals surface area contributed by atoms with Crippen molar-refractivity contribution in [3.8, 4) is 0 Å². The van der Waals surface area contributed by atoms with E-state index in [-0.39, 0.29) is 11.3 Å². The van der Waals surface area contributed by atoms with E-state index in [0.717, 1.165) is 26.1 Å². The van der Waals surface area contributed by atoms with Gasteiger partial charge in [-0.15, -0.1) is 0 Å². The zero-order chi connectivity index (χ0) is 9.90. The van der Waals surface area contributed by atoms with Gasteiger partial charge in [0.1, 0.15) is 0 Å². The van der Waals surface area contributed by atoms with Crippen molar-refractivity contribution >= 4 is 5.91 Å². The lowest BCUT2D eigenvalue weighted by atomic mass is 9.93. The van der Waals surface area contributed by atoms with Crippen molar-refractivity contribution in [1.29, 1.82) is 0 Å². The van der Waals surface area contributed by atoms with Crippen molar-refractivity contribution in [2.24, 2.45) is 5.41 Å². The van der Waals surface area contributed by atoms with Gasteiger partial charge in [-0.3, -0.25) is 4.79 Å². The molecule has 0 unspecified atom stereocenters. The summed E-state index contributed by atoms with van der Waals surface area (Å²) in [6, 6.07) is 0. The van der Waals surface area contributed by atoms with Crippen LogP contribution in [0.2, 0.25) is 0 Å². The van der Waals surface area contributed by atoms with Crippen LogP contribution >= 0.6 is 0 Å². The van der Waals surface area contributed by atoms with Crippen LogP contribution in [0.5, 0.6) is 0 Å². The molecule has 1 saturated heterocycles. The van der Waals surface area contributed by atoms with Crippen LogP contribution in [0.15, 0.2) is 0 Å². The van der Waals surface area contributed by atoms with Gasteiger partial charge in [-0.25, -0.2) is 0 Å². The Bertz CT molecular complexity index is 189. The highest BCUT2D eigenvalue weighted by Gasteiger charge is 2.27. The lowest BCUT2D eigenvalue weighted by Gasteiger charge is -2.28. The van der Waals surface area contributed by atoms with Gasteiger partial charge in [-0.1, -0.05) is 20.8 Å². The van der Waals surface area contributed by atoms with Crippen LogP contribution in [-0.4, -0.2) is 37.0 Å². The third-order valence-electron chi connectivity index (χ3n) is 2.34. The molecule has 0 aromatic heterocycles. The van der Waals surface area contributed by atoms with Crippen LogP contribution in [0.4, 0.5) is 0 Å². The van der Waals surface area contributed by atoms with E-state index < -0.39 is 0 Å². The molecule has 0 aliphatic carbocycles. The van der Waals surface area contributed by atoms with Gasteiger partial charge < -0.3 is 10.2 Å². The molecule has 3 heteroatoms. The molecule has 1 aliphatic heterocycles. The minimum Gasteiger partial charge on any atom is -0.341 e. The van der Waals surface area contributed by atoms with Crippen LogP contribution in [0.25, 0.3) is 0 Å². The molecule has 1 rings (SSSR count). The minimum atomic E-state index is 0.210. The second kappa shape index (κ2) is 4.09. The summed E-state index contributed by atoms with van der Waals surface area (Å²) in [4.78, 5) is 13.5. The highest BCUT2D eigenvalue weighted by molar-refractivity contribution is 5.78. The Morgan fingerprint density at radius 3 is 2.85 bits per heavy atom. The second-order valence-electron chi connectivity index (χ2n) is 4.58. The Morgan fingerprint density at radius 2 is 2.23 bits per heavy atom. The summed E-state index contributed by atoms with van der Waals surface area (Å²) < 4.78 is 0. The lowest BCUT2D eigenvalue weighted by Crippen LogP contribution is -2.38. The molecule has 13 heavy (non-hydrogen) atoms. The van der Waals surface area contributed by atoms with Crippen molar-refractivity contribution in [1.82, 2.24) is 10.2 Å². The van der Waals surface area contributed by atoms with E-state index in [1.807, 2.05) is 4.90 Å². The summed E-state index contributed by atoms with van der Waals surface area (Å²) in [7, 11) is 0. The van der Waals surface area contributed by atoms with Crippen molar-refractivity contribution < 1.29 is 4.79 Å². The predicted octanol–water partition coefficient (Wildman–Crippen LogP) is 0.854. The molecular formula is C10H20N2O. The van der Waals surface area contributed by atoms with E-state index in [1.165, 1.54) is 0 Å². The molecule has 1 aliphatic rings. The molecule has 3 nitrogen and oxygen atoms in total. The van der Waals surface area contributed by atoms with Gasteiger partial charge in [0.15, 0.2) is 0 Å². The molecule has 0 atom stereocenters. The zero-order valence-electron chi connectivity index (χ0n) is 8.89. The summed E-state index contributed by atoms with van der Waals surface area (Å²) in [5.41, 5.74) is 0.210. The van der Waals surface area contributed by atoms with E-state index >= 15 is 0 Å². The van der Waals surface area contributed by atoms with Crippen LogP contribution in [0.3, 0.4) is 0 Å². The van der Waals surface area contributed by atoms with Gasteiger partial charge in [0, 0.05) is 19.6 Å². The Morgan fingerprint density at radius 1 is 1.54 bits per heavy atom. The molecular weight excluding hydrogens is 164 g/mol. The summed E-state index contributed by atoms with van der Waals surface area (Å²) >= 11 is 0. The van der Waals surface area contributed by atoms with E-state index in [2.05, 4.69) is 26.1 Å². The lowest BCUT2D eigenvalue weighted by molar-refractivity contribution is -0.130. The van der Waals surface area contributed by atoms with Gasteiger partial charge in [-0.2, -0.15) is 0 Å². The molecule has 0 aromatic carbocycles. The van der Waals surface area contributed by atoms with Crippen LogP contribution in [0, 0.1) is 5.41 Å². The fourth-order valence-corrected chi connectivity index (χ4v) is 1.75. The van der Waals surface area contributed by atoms with Crippen LogP contribution in [-0.2, 0) is 4.79 Å². The monoisotopic (exact) mass is 184 g/mol. The molecule has 0 saturated carbocycles. The minimum absolute atomic E-state index is 0.210. The van der Waals surface area contributed by atoms with Crippen LogP contribution < -0.4 is 5.32 Å². The molecule has 1 amide bonds. The number of hydrogen-bond acceptors (Lipinski definition) is 2. The first-order valence-electron chi connectivity index (χ1n) is 5.04. The first kappa shape index (κ1) is 10.5. The van der Waals surface area contributed by atoms with Crippen molar-refractivity contribution in [2.75, 3.05) is 26.2 Å². The number of amides is 1. The number of carbonyl (C=O) groups excluding carboxylic acids is 1. The number of rotatable bonds is 2. The van der Waals surface area contributed by atoms with Gasteiger partial charge >= 0.3 is 0 Å². The average Bonchev–Trinajstić information content (AvgIpc) is 2.12. The fourth-order valence-electron chi connectivity index (χ4n) is 1.75. The topological polar surface area (TPSA) is 32.3 Å². The molecule has 0 bridgehead atoms. The summed E-state index contributed by atoms with van der Waals surface area (Å²) in [5.74, 6) is 0.243. The standard InChI is InChI=1S/C10H20N2O/c1-4-5-12-8-10(2,3)7-11-6-9(12)13/h11H,4-8H2,1-3H3. The van der Waals surface area contributed by atoms with Gasteiger partial charge in [-0.05, 0) is 11.8 Å². The van der Waals surface area contributed by atoms with Gasteiger partial charge in [0.05, 0.1) is 6.54 Å².